The van der Waals surface area contributed by atoms with E-state index in [0.29, 0.717) is 6.42 Å². The van der Waals surface area contributed by atoms with Crippen LogP contribution < -0.4 is 0 Å². The summed E-state index contributed by atoms with van der Waals surface area (Å²) < 4.78 is 0. The molecule has 0 aromatic carbocycles. The minimum atomic E-state index is 0.210. The van der Waals surface area contributed by atoms with Crippen molar-refractivity contribution in [3.63, 3.8) is 0 Å². The Morgan fingerprint density at radius 2 is 1.87 bits per heavy atom. The SMILES string of the molecule is CC1=CC(N(C)C)=CC(=C(C#N)C#N)C1. The van der Waals surface area contributed by atoms with Gasteiger partial charge in [-0.1, -0.05) is 5.57 Å². The highest BCUT2D eigenvalue weighted by molar-refractivity contribution is 5.50. The quantitative estimate of drug-likeness (QED) is 0.608. The number of hydrogen-bond acceptors (Lipinski definition) is 3. The van der Waals surface area contributed by atoms with Crippen LogP contribution in [-0.2, 0) is 0 Å². The number of hydrogen-bond donors (Lipinski definition) is 0. The number of nitriles is 2. The monoisotopic (exact) mass is 199 g/mol. The van der Waals surface area contributed by atoms with Gasteiger partial charge in [-0.05, 0) is 31.1 Å². The number of allylic oxidation sites excluding steroid dienone is 5. The van der Waals surface area contributed by atoms with E-state index < -0.39 is 0 Å². The van der Waals surface area contributed by atoms with Crippen LogP contribution >= 0.6 is 0 Å². The van der Waals surface area contributed by atoms with Gasteiger partial charge in [0.05, 0.1) is 0 Å². The molecule has 0 unspecified atom stereocenters. The van der Waals surface area contributed by atoms with Crippen molar-refractivity contribution in [2.24, 2.45) is 0 Å². The van der Waals surface area contributed by atoms with Gasteiger partial charge >= 0.3 is 0 Å². The summed E-state index contributed by atoms with van der Waals surface area (Å²) in [6, 6.07) is 3.86. The molecule has 0 saturated heterocycles. The first-order valence-corrected chi connectivity index (χ1v) is 4.68. The third-order valence-electron chi connectivity index (χ3n) is 2.25. The molecule has 1 aliphatic rings. The molecule has 3 nitrogen and oxygen atoms in total. The molecule has 0 heterocycles. The van der Waals surface area contributed by atoms with Crippen molar-refractivity contribution in [3.05, 3.63) is 34.6 Å². The summed E-state index contributed by atoms with van der Waals surface area (Å²) in [6.07, 6.45) is 4.65. The molecule has 0 amide bonds. The van der Waals surface area contributed by atoms with Crippen molar-refractivity contribution in [2.45, 2.75) is 13.3 Å². The maximum atomic E-state index is 8.80. The number of likely N-dealkylation sites (N-methyl/N-ethyl adjacent to an activating group) is 1. The molecule has 0 fully saturated rings. The Morgan fingerprint density at radius 3 is 2.33 bits per heavy atom. The van der Waals surface area contributed by atoms with Gasteiger partial charge in [-0.25, -0.2) is 0 Å². The van der Waals surface area contributed by atoms with E-state index in [-0.39, 0.29) is 5.57 Å². The molecule has 1 aliphatic carbocycles. The Balaban J connectivity index is 3.21. The first-order valence-electron chi connectivity index (χ1n) is 4.68. The summed E-state index contributed by atoms with van der Waals surface area (Å²) >= 11 is 0. The van der Waals surface area contributed by atoms with Crippen LogP contribution in [-0.4, -0.2) is 19.0 Å². The predicted octanol–water partition coefficient (Wildman–Crippen LogP) is 2.13. The summed E-state index contributed by atoms with van der Waals surface area (Å²) in [5, 5.41) is 17.6. The highest BCUT2D eigenvalue weighted by Gasteiger charge is 2.11. The van der Waals surface area contributed by atoms with Crippen LogP contribution in [0.1, 0.15) is 13.3 Å². The fourth-order valence-corrected chi connectivity index (χ4v) is 1.46. The molecule has 1 rings (SSSR count). The van der Waals surface area contributed by atoms with E-state index in [4.69, 9.17) is 10.5 Å². The Morgan fingerprint density at radius 1 is 1.27 bits per heavy atom. The van der Waals surface area contributed by atoms with Crippen molar-refractivity contribution < 1.29 is 0 Å². The molecule has 0 aromatic heterocycles. The van der Waals surface area contributed by atoms with E-state index in [0.717, 1.165) is 11.3 Å². The van der Waals surface area contributed by atoms with Gasteiger partial charge in [-0.2, -0.15) is 10.5 Å². The second-order valence-corrected chi connectivity index (χ2v) is 3.75. The maximum absolute atomic E-state index is 8.80. The van der Waals surface area contributed by atoms with E-state index in [1.807, 2.05) is 44.1 Å². The first kappa shape index (κ1) is 11.1. The lowest BCUT2D eigenvalue weighted by Crippen LogP contribution is -2.12. The van der Waals surface area contributed by atoms with Gasteiger partial charge in [-0.3, -0.25) is 0 Å². The maximum Gasteiger partial charge on any atom is 0.133 e. The van der Waals surface area contributed by atoms with E-state index >= 15 is 0 Å². The van der Waals surface area contributed by atoms with Gasteiger partial charge in [0.1, 0.15) is 17.7 Å². The average molecular weight is 199 g/mol. The van der Waals surface area contributed by atoms with Crippen molar-refractivity contribution in [2.75, 3.05) is 14.1 Å². The lowest BCUT2D eigenvalue weighted by Gasteiger charge is -2.20. The van der Waals surface area contributed by atoms with Crippen molar-refractivity contribution in [1.29, 1.82) is 10.5 Å². The van der Waals surface area contributed by atoms with Crippen LogP contribution in [0.25, 0.3) is 0 Å². The molecule has 15 heavy (non-hydrogen) atoms. The molecule has 0 atom stereocenters. The third kappa shape index (κ3) is 2.48. The first-order chi connectivity index (χ1) is 7.08. The van der Waals surface area contributed by atoms with E-state index in [9.17, 15) is 0 Å². The van der Waals surface area contributed by atoms with Gasteiger partial charge in [-0.15, -0.1) is 0 Å². The predicted molar refractivity (Wildman–Crippen MR) is 58.4 cm³/mol. The van der Waals surface area contributed by atoms with Crippen molar-refractivity contribution in [1.82, 2.24) is 4.90 Å². The topological polar surface area (TPSA) is 50.8 Å². The van der Waals surface area contributed by atoms with Gasteiger partial charge in [0.15, 0.2) is 0 Å². The zero-order valence-corrected chi connectivity index (χ0v) is 9.20. The molecule has 3 heteroatoms. The summed E-state index contributed by atoms with van der Waals surface area (Å²) in [5.41, 5.74) is 3.21. The van der Waals surface area contributed by atoms with Gasteiger partial charge < -0.3 is 4.90 Å². The molecule has 0 bridgehead atoms. The van der Waals surface area contributed by atoms with E-state index in [2.05, 4.69) is 6.08 Å². The molecular formula is C12H13N3. The molecule has 76 valence electrons. The van der Waals surface area contributed by atoms with Crippen LogP contribution in [0.2, 0.25) is 0 Å². The third-order valence-corrected chi connectivity index (χ3v) is 2.25. The number of nitrogens with zero attached hydrogens (tertiary/aromatic N) is 3. The summed E-state index contributed by atoms with van der Waals surface area (Å²) in [7, 11) is 3.88. The lowest BCUT2D eigenvalue weighted by atomic mass is 9.95. The largest absolute Gasteiger partial charge is 0.378 e. The Kier molecular flexibility index (Phi) is 3.31. The zero-order chi connectivity index (χ0) is 11.4. The summed E-state index contributed by atoms with van der Waals surface area (Å²) in [6.45, 7) is 2.00. The second-order valence-electron chi connectivity index (χ2n) is 3.75. The highest BCUT2D eigenvalue weighted by Crippen LogP contribution is 2.24. The highest BCUT2D eigenvalue weighted by atomic mass is 15.1. The molecule has 0 aliphatic heterocycles. The van der Waals surface area contributed by atoms with Gasteiger partial charge in [0, 0.05) is 19.8 Å². The van der Waals surface area contributed by atoms with Crippen LogP contribution in [0.3, 0.4) is 0 Å². The van der Waals surface area contributed by atoms with E-state index in [1.165, 1.54) is 5.57 Å². The van der Waals surface area contributed by atoms with E-state index in [1.54, 1.807) is 0 Å². The fraction of sp³-hybridized carbons (Fsp3) is 0.333. The number of rotatable bonds is 1. The fourth-order valence-electron chi connectivity index (χ4n) is 1.46. The van der Waals surface area contributed by atoms with Gasteiger partial charge in [0.25, 0.3) is 0 Å². The van der Waals surface area contributed by atoms with Crippen LogP contribution in [0.4, 0.5) is 0 Å². The minimum Gasteiger partial charge on any atom is -0.378 e. The summed E-state index contributed by atoms with van der Waals surface area (Å²) in [4.78, 5) is 1.97. The normalized spacial score (nSPS) is 14.6. The van der Waals surface area contributed by atoms with Gasteiger partial charge in [0.2, 0.25) is 0 Å². The smallest absolute Gasteiger partial charge is 0.133 e. The Labute approximate surface area is 90.2 Å². The van der Waals surface area contributed by atoms with Crippen LogP contribution in [0.5, 0.6) is 0 Å². The lowest BCUT2D eigenvalue weighted by molar-refractivity contribution is 0.526. The Bertz CT molecular complexity index is 420. The summed E-state index contributed by atoms with van der Waals surface area (Å²) in [5.74, 6) is 0. The Hall–Kier alpha value is -2.00. The molecule has 0 radical (unpaired) electrons. The molecule has 0 N–H and O–H groups in total. The minimum absolute atomic E-state index is 0.210. The zero-order valence-electron chi connectivity index (χ0n) is 9.20. The standard InChI is InChI=1S/C12H13N3/c1-9-4-10(11(7-13)8-14)6-12(5-9)15(2)3/h5-6H,4H2,1-3H3. The van der Waals surface area contributed by atoms with Crippen LogP contribution in [0.15, 0.2) is 34.6 Å². The molecule has 0 aromatic rings. The van der Waals surface area contributed by atoms with Crippen LogP contribution in [0, 0.1) is 22.7 Å². The molecule has 0 saturated carbocycles. The molecule has 0 spiro atoms. The average Bonchev–Trinajstić information content (AvgIpc) is 2.18. The molecular weight excluding hydrogens is 186 g/mol. The van der Waals surface area contributed by atoms with Crippen molar-refractivity contribution in [3.8, 4) is 12.1 Å². The second kappa shape index (κ2) is 4.48. The van der Waals surface area contributed by atoms with Crippen molar-refractivity contribution >= 4 is 0 Å².